The van der Waals surface area contributed by atoms with Gasteiger partial charge < -0.3 is 9.88 Å². The predicted octanol–water partition coefficient (Wildman–Crippen LogP) is 5.44. The summed E-state index contributed by atoms with van der Waals surface area (Å²) in [4.78, 5) is 12.6. The van der Waals surface area contributed by atoms with Crippen molar-refractivity contribution in [2.75, 3.05) is 5.32 Å². The van der Waals surface area contributed by atoms with E-state index in [0.29, 0.717) is 5.02 Å². The lowest BCUT2D eigenvalue weighted by molar-refractivity contribution is -0.115. The SMILES string of the molecule is CCCn1c(S[C@@H](C)C(=O)Nc2ccc(C)cc2)nnc1-c1ccc(Cl)cc1. The molecule has 1 N–H and O–H groups in total. The minimum atomic E-state index is -0.306. The van der Waals surface area contributed by atoms with Crippen LogP contribution in [0.2, 0.25) is 5.02 Å². The van der Waals surface area contributed by atoms with E-state index in [9.17, 15) is 4.79 Å². The van der Waals surface area contributed by atoms with Gasteiger partial charge in [-0.3, -0.25) is 4.79 Å². The van der Waals surface area contributed by atoms with E-state index in [4.69, 9.17) is 11.6 Å². The van der Waals surface area contributed by atoms with E-state index < -0.39 is 0 Å². The average Bonchev–Trinajstić information content (AvgIpc) is 3.07. The predicted molar refractivity (Wildman–Crippen MR) is 116 cm³/mol. The fraction of sp³-hybridized carbons (Fsp3) is 0.286. The van der Waals surface area contributed by atoms with Crippen LogP contribution in [0.3, 0.4) is 0 Å². The highest BCUT2D eigenvalue weighted by molar-refractivity contribution is 8.00. The summed E-state index contributed by atoms with van der Waals surface area (Å²) in [6.07, 6.45) is 0.941. The molecule has 1 heterocycles. The Morgan fingerprint density at radius 3 is 2.46 bits per heavy atom. The summed E-state index contributed by atoms with van der Waals surface area (Å²) < 4.78 is 2.06. The molecule has 0 aliphatic heterocycles. The van der Waals surface area contributed by atoms with E-state index >= 15 is 0 Å². The third kappa shape index (κ3) is 4.94. The third-order valence-electron chi connectivity index (χ3n) is 4.24. The maximum absolute atomic E-state index is 12.6. The van der Waals surface area contributed by atoms with Gasteiger partial charge in [0, 0.05) is 22.8 Å². The zero-order valence-electron chi connectivity index (χ0n) is 16.1. The molecule has 0 aliphatic rings. The second-order valence-corrected chi connectivity index (χ2v) is 8.32. The van der Waals surface area contributed by atoms with E-state index in [1.807, 2.05) is 62.4 Å². The van der Waals surface area contributed by atoms with Gasteiger partial charge in [0.15, 0.2) is 11.0 Å². The van der Waals surface area contributed by atoms with Gasteiger partial charge in [-0.2, -0.15) is 0 Å². The highest BCUT2D eigenvalue weighted by atomic mass is 35.5. The molecule has 1 amide bonds. The number of aryl methyl sites for hydroxylation is 1. The van der Waals surface area contributed by atoms with Crippen LogP contribution < -0.4 is 5.32 Å². The number of carbonyl (C=O) groups excluding carboxylic acids is 1. The molecule has 1 atom stereocenters. The summed E-state index contributed by atoms with van der Waals surface area (Å²) in [5.41, 5.74) is 2.90. The number of halogens is 1. The molecule has 28 heavy (non-hydrogen) atoms. The standard InChI is InChI=1S/C21H23ClN4OS/c1-4-13-26-19(16-7-9-17(22)10-8-16)24-25-21(26)28-15(3)20(27)23-18-11-5-14(2)6-12-18/h5-12,15H,4,13H2,1-3H3,(H,23,27)/t15-/m0/s1. The van der Waals surface area contributed by atoms with Crippen LogP contribution >= 0.6 is 23.4 Å². The summed E-state index contributed by atoms with van der Waals surface area (Å²) in [7, 11) is 0. The maximum atomic E-state index is 12.6. The minimum Gasteiger partial charge on any atom is -0.325 e. The molecule has 3 aromatic rings. The van der Waals surface area contributed by atoms with Gasteiger partial charge in [-0.15, -0.1) is 10.2 Å². The van der Waals surface area contributed by atoms with Crippen LogP contribution in [0, 0.1) is 6.92 Å². The van der Waals surface area contributed by atoms with Gasteiger partial charge in [-0.1, -0.05) is 48.0 Å². The van der Waals surface area contributed by atoms with Crippen LogP contribution in [0.5, 0.6) is 0 Å². The van der Waals surface area contributed by atoms with Crippen molar-refractivity contribution >= 4 is 35.0 Å². The van der Waals surface area contributed by atoms with Crippen LogP contribution in [0.4, 0.5) is 5.69 Å². The number of rotatable bonds is 7. The quantitative estimate of drug-likeness (QED) is 0.523. The number of anilines is 1. The molecular formula is C21H23ClN4OS. The van der Waals surface area contributed by atoms with Gasteiger partial charge in [0.25, 0.3) is 0 Å². The molecule has 0 saturated carbocycles. The van der Waals surface area contributed by atoms with E-state index in [1.54, 1.807) is 0 Å². The van der Waals surface area contributed by atoms with Crippen LogP contribution in [0.15, 0.2) is 53.7 Å². The lowest BCUT2D eigenvalue weighted by Gasteiger charge is -2.13. The molecule has 7 heteroatoms. The van der Waals surface area contributed by atoms with Crippen molar-refractivity contribution in [3.05, 3.63) is 59.1 Å². The van der Waals surface area contributed by atoms with Crippen LogP contribution in [-0.4, -0.2) is 25.9 Å². The van der Waals surface area contributed by atoms with Crippen LogP contribution in [-0.2, 0) is 11.3 Å². The molecule has 2 aromatic carbocycles. The summed E-state index contributed by atoms with van der Waals surface area (Å²) >= 11 is 7.40. The molecular weight excluding hydrogens is 392 g/mol. The van der Waals surface area contributed by atoms with Crippen molar-refractivity contribution in [1.29, 1.82) is 0 Å². The highest BCUT2D eigenvalue weighted by Crippen LogP contribution is 2.28. The van der Waals surface area contributed by atoms with E-state index in [2.05, 4.69) is 27.0 Å². The van der Waals surface area contributed by atoms with Gasteiger partial charge in [0.2, 0.25) is 5.91 Å². The first-order valence-electron chi connectivity index (χ1n) is 9.21. The second kappa shape index (κ2) is 9.26. The first-order valence-corrected chi connectivity index (χ1v) is 10.5. The van der Waals surface area contributed by atoms with Crippen LogP contribution in [0.25, 0.3) is 11.4 Å². The monoisotopic (exact) mass is 414 g/mol. The molecule has 0 bridgehead atoms. The molecule has 0 fully saturated rings. The van der Waals surface area contributed by atoms with Gasteiger partial charge in [-0.25, -0.2) is 0 Å². The fourth-order valence-electron chi connectivity index (χ4n) is 2.71. The number of amides is 1. The molecule has 0 radical (unpaired) electrons. The number of hydrogen-bond donors (Lipinski definition) is 1. The van der Waals surface area contributed by atoms with Crippen molar-refractivity contribution in [2.24, 2.45) is 0 Å². The Morgan fingerprint density at radius 2 is 1.82 bits per heavy atom. The lowest BCUT2D eigenvalue weighted by atomic mass is 10.2. The first kappa shape index (κ1) is 20.4. The van der Waals surface area contributed by atoms with Crippen molar-refractivity contribution in [3.63, 3.8) is 0 Å². The van der Waals surface area contributed by atoms with Crippen molar-refractivity contribution < 1.29 is 4.79 Å². The summed E-state index contributed by atoms with van der Waals surface area (Å²) in [6.45, 7) is 6.78. The smallest absolute Gasteiger partial charge is 0.237 e. The maximum Gasteiger partial charge on any atom is 0.237 e. The van der Waals surface area contributed by atoms with Gasteiger partial charge in [0.05, 0.1) is 5.25 Å². The van der Waals surface area contributed by atoms with E-state index in [0.717, 1.165) is 40.8 Å². The highest BCUT2D eigenvalue weighted by Gasteiger charge is 2.20. The van der Waals surface area contributed by atoms with E-state index in [-0.39, 0.29) is 11.2 Å². The van der Waals surface area contributed by atoms with Gasteiger partial charge in [-0.05, 0) is 56.7 Å². The molecule has 146 valence electrons. The first-order chi connectivity index (χ1) is 13.5. The Labute approximate surface area is 174 Å². The zero-order chi connectivity index (χ0) is 20.1. The lowest BCUT2D eigenvalue weighted by Crippen LogP contribution is -2.23. The van der Waals surface area contributed by atoms with Crippen molar-refractivity contribution in [2.45, 2.75) is 44.1 Å². The molecule has 0 unspecified atom stereocenters. The summed E-state index contributed by atoms with van der Waals surface area (Å²) in [5.74, 6) is 0.722. The van der Waals surface area contributed by atoms with Gasteiger partial charge >= 0.3 is 0 Å². The third-order valence-corrected chi connectivity index (χ3v) is 5.57. The van der Waals surface area contributed by atoms with Crippen molar-refractivity contribution in [3.8, 4) is 11.4 Å². The molecule has 0 aliphatic carbocycles. The average molecular weight is 415 g/mol. The summed E-state index contributed by atoms with van der Waals surface area (Å²) in [6, 6.07) is 15.3. The molecule has 5 nitrogen and oxygen atoms in total. The number of nitrogens with zero attached hydrogens (tertiary/aromatic N) is 3. The van der Waals surface area contributed by atoms with E-state index in [1.165, 1.54) is 11.8 Å². The number of benzene rings is 2. The van der Waals surface area contributed by atoms with Gasteiger partial charge in [0.1, 0.15) is 0 Å². The fourth-order valence-corrected chi connectivity index (χ4v) is 3.71. The molecule has 0 spiro atoms. The number of aromatic nitrogens is 3. The Balaban J connectivity index is 1.76. The number of hydrogen-bond acceptors (Lipinski definition) is 4. The Morgan fingerprint density at radius 1 is 1.14 bits per heavy atom. The Kier molecular flexibility index (Phi) is 6.75. The normalized spacial score (nSPS) is 12.0. The Bertz CT molecular complexity index is 938. The largest absolute Gasteiger partial charge is 0.325 e. The number of nitrogens with one attached hydrogen (secondary N) is 1. The zero-order valence-corrected chi connectivity index (χ0v) is 17.7. The number of thioether (sulfide) groups is 1. The minimum absolute atomic E-state index is 0.0621. The molecule has 1 aromatic heterocycles. The number of carbonyl (C=O) groups is 1. The summed E-state index contributed by atoms with van der Waals surface area (Å²) in [5, 5.41) is 12.8. The molecule has 3 rings (SSSR count). The molecule has 0 saturated heterocycles. The van der Waals surface area contributed by atoms with Crippen molar-refractivity contribution in [1.82, 2.24) is 14.8 Å². The second-order valence-electron chi connectivity index (χ2n) is 6.58. The topological polar surface area (TPSA) is 59.8 Å². The van der Waals surface area contributed by atoms with Crippen LogP contribution in [0.1, 0.15) is 25.8 Å². The Hall–Kier alpha value is -2.31.